The summed E-state index contributed by atoms with van der Waals surface area (Å²) in [5.74, 6) is -0.842. The molecular weight excluding hydrogens is 372 g/mol. The summed E-state index contributed by atoms with van der Waals surface area (Å²) in [6, 6.07) is 4.12. The standard InChI is InChI=1S/C14H25NO8P2/c1-3-8-15(9-4-2)10-7-12-5-6-13(22-24(16,17)18)14(11-12)23-25(19,20)21/h5-6,11H,3-4,7-10H2,1-2H3,(H2,16,17,18)(H2,19,20,21). The van der Waals surface area contributed by atoms with Gasteiger partial charge in [-0.25, -0.2) is 9.13 Å². The van der Waals surface area contributed by atoms with Gasteiger partial charge in [-0.3, -0.25) is 19.6 Å². The van der Waals surface area contributed by atoms with E-state index >= 15 is 0 Å². The summed E-state index contributed by atoms with van der Waals surface area (Å²) >= 11 is 0. The quantitative estimate of drug-likeness (QED) is 0.415. The van der Waals surface area contributed by atoms with Gasteiger partial charge in [-0.2, -0.15) is 0 Å². The van der Waals surface area contributed by atoms with Crippen molar-refractivity contribution in [3.63, 3.8) is 0 Å². The third-order valence-corrected chi connectivity index (χ3v) is 4.11. The first-order chi connectivity index (χ1) is 11.5. The Morgan fingerprint density at radius 1 is 0.880 bits per heavy atom. The normalized spacial score (nSPS) is 12.4. The fourth-order valence-electron chi connectivity index (χ4n) is 2.37. The van der Waals surface area contributed by atoms with E-state index in [2.05, 4.69) is 27.8 Å². The van der Waals surface area contributed by atoms with Crippen molar-refractivity contribution >= 4 is 15.6 Å². The zero-order valence-corrected chi connectivity index (χ0v) is 16.0. The first kappa shape index (κ1) is 22.1. The molecule has 0 aliphatic rings. The predicted octanol–water partition coefficient (Wildman–Crippen LogP) is 2.29. The second-order valence-corrected chi connectivity index (χ2v) is 7.86. The number of rotatable bonds is 11. The maximum absolute atomic E-state index is 11.1. The van der Waals surface area contributed by atoms with Gasteiger partial charge in [-0.1, -0.05) is 19.9 Å². The predicted molar refractivity (Wildman–Crippen MR) is 92.5 cm³/mol. The second-order valence-electron chi connectivity index (χ2n) is 5.54. The van der Waals surface area contributed by atoms with Crippen molar-refractivity contribution in [2.45, 2.75) is 33.1 Å². The van der Waals surface area contributed by atoms with Crippen LogP contribution in [0, 0.1) is 0 Å². The number of hydrogen-bond donors (Lipinski definition) is 4. The molecule has 0 aliphatic carbocycles. The molecule has 0 atom stereocenters. The van der Waals surface area contributed by atoms with E-state index in [1.807, 2.05) is 0 Å². The highest BCUT2D eigenvalue weighted by Gasteiger charge is 2.24. The van der Waals surface area contributed by atoms with Gasteiger partial charge in [0.1, 0.15) is 0 Å². The summed E-state index contributed by atoms with van der Waals surface area (Å²) in [5, 5.41) is 0. The van der Waals surface area contributed by atoms with E-state index in [-0.39, 0.29) is 0 Å². The second kappa shape index (κ2) is 9.69. The van der Waals surface area contributed by atoms with Gasteiger partial charge in [0.05, 0.1) is 0 Å². The van der Waals surface area contributed by atoms with Crippen molar-refractivity contribution < 1.29 is 37.8 Å². The third kappa shape index (κ3) is 9.37. The van der Waals surface area contributed by atoms with Crippen molar-refractivity contribution in [2.24, 2.45) is 0 Å². The molecule has 0 radical (unpaired) electrons. The molecule has 0 aliphatic heterocycles. The van der Waals surface area contributed by atoms with E-state index in [1.54, 1.807) is 6.07 Å². The van der Waals surface area contributed by atoms with Gasteiger partial charge in [0.25, 0.3) is 0 Å². The van der Waals surface area contributed by atoms with Gasteiger partial charge in [0.2, 0.25) is 0 Å². The molecule has 1 rings (SSSR count). The van der Waals surface area contributed by atoms with Crippen LogP contribution in [0.5, 0.6) is 11.5 Å². The lowest BCUT2D eigenvalue weighted by Crippen LogP contribution is -2.27. The molecule has 0 spiro atoms. The van der Waals surface area contributed by atoms with Crippen LogP contribution in [-0.2, 0) is 15.6 Å². The molecule has 11 heteroatoms. The number of hydrogen-bond acceptors (Lipinski definition) is 5. The number of nitrogens with zero attached hydrogens (tertiary/aromatic N) is 1. The zero-order chi connectivity index (χ0) is 19.1. The summed E-state index contributed by atoms with van der Waals surface area (Å²) in [6.45, 7) is 6.81. The molecule has 0 saturated carbocycles. The Morgan fingerprint density at radius 2 is 1.40 bits per heavy atom. The highest BCUT2D eigenvalue weighted by atomic mass is 31.2. The van der Waals surface area contributed by atoms with Crippen LogP contribution in [0.4, 0.5) is 0 Å². The number of benzene rings is 1. The van der Waals surface area contributed by atoms with Crippen molar-refractivity contribution in [1.29, 1.82) is 0 Å². The largest absolute Gasteiger partial charge is 0.524 e. The SMILES string of the molecule is CCCN(CCC)CCc1ccc(OP(=O)(O)O)c(OP(=O)(O)O)c1. The van der Waals surface area contributed by atoms with Crippen LogP contribution in [0.25, 0.3) is 0 Å². The van der Waals surface area contributed by atoms with Crippen molar-refractivity contribution in [3.05, 3.63) is 23.8 Å². The zero-order valence-electron chi connectivity index (χ0n) is 14.2. The molecule has 0 amide bonds. The third-order valence-electron chi connectivity index (χ3n) is 3.24. The van der Waals surface area contributed by atoms with Crippen LogP contribution in [0.1, 0.15) is 32.3 Å². The van der Waals surface area contributed by atoms with Gasteiger partial charge >= 0.3 is 15.6 Å². The molecule has 25 heavy (non-hydrogen) atoms. The monoisotopic (exact) mass is 397 g/mol. The Balaban J connectivity index is 2.96. The molecule has 9 nitrogen and oxygen atoms in total. The van der Waals surface area contributed by atoms with E-state index in [0.29, 0.717) is 12.0 Å². The minimum atomic E-state index is -4.90. The van der Waals surface area contributed by atoms with Crippen LogP contribution >= 0.6 is 15.6 Å². The van der Waals surface area contributed by atoms with E-state index in [0.717, 1.165) is 32.5 Å². The average Bonchev–Trinajstić information content (AvgIpc) is 2.45. The van der Waals surface area contributed by atoms with Gasteiger partial charge < -0.3 is 13.9 Å². The van der Waals surface area contributed by atoms with Crippen LogP contribution < -0.4 is 9.05 Å². The van der Waals surface area contributed by atoms with Crippen molar-refractivity contribution in [3.8, 4) is 11.5 Å². The lowest BCUT2D eigenvalue weighted by atomic mass is 10.1. The van der Waals surface area contributed by atoms with Gasteiger partial charge in [0.15, 0.2) is 11.5 Å². The van der Waals surface area contributed by atoms with E-state index in [1.165, 1.54) is 12.1 Å². The molecular formula is C14H25NO8P2. The lowest BCUT2D eigenvalue weighted by Gasteiger charge is -2.21. The minimum Gasteiger partial charge on any atom is -0.400 e. The molecule has 1 aromatic rings. The smallest absolute Gasteiger partial charge is 0.400 e. The highest BCUT2D eigenvalue weighted by Crippen LogP contribution is 2.47. The first-order valence-corrected chi connectivity index (χ1v) is 11.0. The fourth-order valence-corrected chi connectivity index (χ4v) is 3.17. The molecule has 0 aromatic heterocycles. The van der Waals surface area contributed by atoms with E-state index < -0.39 is 27.1 Å². The lowest BCUT2D eigenvalue weighted by molar-refractivity contribution is 0.263. The Morgan fingerprint density at radius 3 is 1.88 bits per heavy atom. The summed E-state index contributed by atoms with van der Waals surface area (Å²) < 4.78 is 31.0. The van der Waals surface area contributed by atoms with E-state index in [4.69, 9.17) is 19.6 Å². The Kier molecular flexibility index (Phi) is 8.57. The molecule has 0 fully saturated rings. The van der Waals surface area contributed by atoms with Gasteiger partial charge in [0, 0.05) is 6.54 Å². The topological polar surface area (TPSA) is 137 Å². The maximum Gasteiger partial charge on any atom is 0.524 e. The maximum atomic E-state index is 11.1. The van der Waals surface area contributed by atoms with Crippen molar-refractivity contribution in [1.82, 2.24) is 4.90 Å². The summed E-state index contributed by atoms with van der Waals surface area (Å²) in [6.07, 6.45) is 2.62. The van der Waals surface area contributed by atoms with Gasteiger partial charge in [-0.05, 0) is 50.0 Å². The molecule has 0 saturated heterocycles. The summed E-state index contributed by atoms with van der Waals surface area (Å²) in [4.78, 5) is 38.0. The molecule has 4 N–H and O–H groups in total. The molecule has 0 heterocycles. The van der Waals surface area contributed by atoms with Crippen LogP contribution in [0.15, 0.2) is 18.2 Å². The number of phosphoric ester groups is 2. The van der Waals surface area contributed by atoms with E-state index in [9.17, 15) is 9.13 Å². The summed E-state index contributed by atoms with van der Waals surface area (Å²) in [5.41, 5.74) is 0.707. The van der Waals surface area contributed by atoms with Crippen LogP contribution in [-0.4, -0.2) is 44.1 Å². The Bertz CT molecular complexity index is 636. The Labute approximate surface area is 147 Å². The minimum absolute atomic E-state index is 0.410. The van der Waals surface area contributed by atoms with Crippen LogP contribution in [0.2, 0.25) is 0 Å². The van der Waals surface area contributed by atoms with Crippen molar-refractivity contribution in [2.75, 3.05) is 19.6 Å². The highest BCUT2D eigenvalue weighted by molar-refractivity contribution is 7.47. The van der Waals surface area contributed by atoms with Crippen LogP contribution in [0.3, 0.4) is 0 Å². The number of phosphoric acid groups is 2. The Hall–Kier alpha value is -0.920. The average molecular weight is 397 g/mol. The first-order valence-electron chi connectivity index (χ1n) is 7.89. The molecule has 0 bridgehead atoms. The molecule has 1 aromatic carbocycles. The molecule has 0 unspecified atom stereocenters. The van der Waals surface area contributed by atoms with Gasteiger partial charge in [-0.15, -0.1) is 0 Å². The fraction of sp³-hybridized carbons (Fsp3) is 0.571. The summed E-state index contributed by atoms with van der Waals surface area (Å²) in [7, 11) is -9.79. The molecule has 144 valence electrons.